The maximum atomic E-state index is 13.0. The summed E-state index contributed by atoms with van der Waals surface area (Å²) in [6, 6.07) is 20.1. The Hall–Kier alpha value is -2.70. The first-order valence-electron chi connectivity index (χ1n) is 11.4. The highest BCUT2D eigenvalue weighted by Gasteiger charge is 2.35. The largest absolute Gasteiger partial charge is 0.356 e. The van der Waals surface area contributed by atoms with Gasteiger partial charge in [-0.3, -0.25) is 9.59 Å². The fourth-order valence-corrected chi connectivity index (χ4v) is 6.74. The topological polar surface area (TPSA) is 42.3 Å². The van der Waals surface area contributed by atoms with E-state index >= 15 is 0 Å². The number of hydrogen-bond donors (Lipinski definition) is 0. The Labute approximate surface area is 202 Å². The fourth-order valence-electron chi connectivity index (χ4n) is 5.67. The van der Waals surface area contributed by atoms with Crippen molar-refractivity contribution in [2.24, 2.45) is 5.92 Å². The molecule has 3 aromatic rings. The van der Waals surface area contributed by atoms with Gasteiger partial charge in [-0.1, -0.05) is 66.4 Å². The highest BCUT2D eigenvalue weighted by atomic mass is 32.2. The number of Topliss-reactive ketones (excluding diaryl/α,β-unsaturated/α-hetero) is 1. The van der Waals surface area contributed by atoms with Crippen LogP contribution in [0.5, 0.6) is 0 Å². The Kier molecular flexibility index (Phi) is 5.23. The molecular weight excluding hydrogens is 448 g/mol. The standard InChI is InChI=1S/C27H24N2O2S2/c30-25(19-8-9-23-20(12-19)11-18-4-1-2-5-22(18)23)16-33-27(32)28-13-17-10-21(15-28)24-6-3-7-26(31)29(24)14-17/h1-9,12,17,21H,10-11,13-16H2/t17-,21+/m1/s1. The minimum atomic E-state index is 0.0932. The van der Waals surface area contributed by atoms with Crippen molar-refractivity contribution >= 4 is 34.1 Å². The second-order valence-corrected chi connectivity index (χ2v) is 10.9. The maximum Gasteiger partial charge on any atom is 0.250 e. The van der Waals surface area contributed by atoms with Gasteiger partial charge in [0, 0.05) is 42.9 Å². The first kappa shape index (κ1) is 20.9. The van der Waals surface area contributed by atoms with Gasteiger partial charge in [-0.05, 0) is 53.1 Å². The second-order valence-electron chi connectivity index (χ2n) is 9.29. The van der Waals surface area contributed by atoms with Gasteiger partial charge >= 0.3 is 0 Å². The van der Waals surface area contributed by atoms with Gasteiger partial charge in [0.25, 0.3) is 5.56 Å². The van der Waals surface area contributed by atoms with E-state index in [1.165, 1.54) is 34.0 Å². The van der Waals surface area contributed by atoms with E-state index in [2.05, 4.69) is 47.4 Å². The lowest BCUT2D eigenvalue weighted by atomic mass is 9.83. The zero-order chi connectivity index (χ0) is 22.5. The lowest BCUT2D eigenvalue weighted by molar-refractivity contribution is 0.102. The molecule has 3 aliphatic rings. The van der Waals surface area contributed by atoms with Crippen LogP contribution in [-0.4, -0.2) is 38.4 Å². The number of pyridine rings is 1. The molecule has 2 aliphatic heterocycles. The van der Waals surface area contributed by atoms with Crippen LogP contribution in [0, 0.1) is 5.92 Å². The molecule has 3 heterocycles. The van der Waals surface area contributed by atoms with Crippen LogP contribution in [0.1, 0.15) is 39.5 Å². The van der Waals surface area contributed by atoms with E-state index in [0.717, 1.165) is 48.1 Å². The number of fused-ring (bicyclic) bond motifs is 7. The molecule has 0 saturated carbocycles. The van der Waals surface area contributed by atoms with Crippen LogP contribution >= 0.6 is 24.0 Å². The molecule has 2 aromatic carbocycles. The van der Waals surface area contributed by atoms with Gasteiger partial charge in [-0.15, -0.1) is 0 Å². The number of thiocarbonyl (C=S) groups is 1. The van der Waals surface area contributed by atoms with Crippen LogP contribution in [0.25, 0.3) is 11.1 Å². The number of carbonyl (C=O) groups excluding carboxylic acids is 1. The summed E-state index contributed by atoms with van der Waals surface area (Å²) in [5.74, 6) is 1.21. The van der Waals surface area contributed by atoms with Gasteiger partial charge in [0.05, 0.1) is 5.75 Å². The SMILES string of the molecule is O=C(CSC(=S)N1C[C@H]2C[C@@H](C1)c1cccc(=O)n1C2)c1ccc2c(c1)Cc1ccccc1-2. The van der Waals surface area contributed by atoms with Crippen LogP contribution in [0.2, 0.25) is 0 Å². The van der Waals surface area contributed by atoms with Crippen molar-refractivity contribution in [1.29, 1.82) is 0 Å². The summed E-state index contributed by atoms with van der Waals surface area (Å²) >= 11 is 7.21. The van der Waals surface area contributed by atoms with Gasteiger partial charge < -0.3 is 9.47 Å². The van der Waals surface area contributed by atoms with Crippen molar-refractivity contribution in [3.05, 3.63) is 93.4 Å². The smallest absolute Gasteiger partial charge is 0.250 e. The third-order valence-corrected chi connectivity index (χ3v) is 8.70. The number of ketones is 1. The molecule has 6 heteroatoms. The summed E-state index contributed by atoms with van der Waals surface area (Å²) in [4.78, 5) is 27.4. The Morgan fingerprint density at radius 3 is 2.73 bits per heavy atom. The van der Waals surface area contributed by atoms with Crippen LogP contribution in [0.4, 0.5) is 0 Å². The maximum absolute atomic E-state index is 13.0. The van der Waals surface area contributed by atoms with Gasteiger partial charge in [0.2, 0.25) is 0 Å². The minimum absolute atomic E-state index is 0.0932. The summed E-state index contributed by atoms with van der Waals surface area (Å²) in [6.07, 6.45) is 1.99. The molecule has 0 radical (unpaired) electrons. The highest BCUT2D eigenvalue weighted by molar-refractivity contribution is 8.23. The molecule has 2 bridgehead atoms. The number of rotatable bonds is 3. The third-order valence-electron chi connectivity index (χ3n) is 7.18. The van der Waals surface area contributed by atoms with E-state index < -0.39 is 0 Å². The molecule has 0 amide bonds. The predicted octanol–water partition coefficient (Wildman–Crippen LogP) is 4.74. The number of nitrogens with zero attached hydrogens (tertiary/aromatic N) is 2. The van der Waals surface area contributed by atoms with E-state index in [4.69, 9.17) is 12.2 Å². The molecule has 0 unspecified atom stereocenters. The van der Waals surface area contributed by atoms with Crippen molar-refractivity contribution in [1.82, 2.24) is 9.47 Å². The molecule has 1 aromatic heterocycles. The van der Waals surface area contributed by atoms with Crippen molar-refractivity contribution < 1.29 is 4.79 Å². The Balaban J connectivity index is 1.11. The van der Waals surface area contributed by atoms with Gasteiger partial charge in [-0.25, -0.2) is 0 Å². The Morgan fingerprint density at radius 1 is 0.970 bits per heavy atom. The minimum Gasteiger partial charge on any atom is -0.356 e. The number of thioether (sulfide) groups is 1. The zero-order valence-electron chi connectivity index (χ0n) is 18.2. The fraction of sp³-hybridized carbons (Fsp3) is 0.296. The van der Waals surface area contributed by atoms with Crippen molar-refractivity contribution in [2.75, 3.05) is 18.8 Å². The summed E-state index contributed by atoms with van der Waals surface area (Å²) in [7, 11) is 0. The van der Waals surface area contributed by atoms with Gasteiger partial charge in [-0.2, -0.15) is 0 Å². The van der Waals surface area contributed by atoms with Crippen molar-refractivity contribution in [2.45, 2.75) is 25.3 Å². The quantitative estimate of drug-likeness (QED) is 0.318. The summed E-state index contributed by atoms with van der Waals surface area (Å²) < 4.78 is 2.72. The van der Waals surface area contributed by atoms with Crippen LogP contribution in [0.15, 0.2) is 65.5 Å². The molecule has 1 aliphatic carbocycles. The average molecular weight is 473 g/mol. The highest BCUT2D eigenvalue weighted by Crippen LogP contribution is 2.38. The van der Waals surface area contributed by atoms with Crippen molar-refractivity contribution in [3.8, 4) is 11.1 Å². The molecule has 6 rings (SSSR count). The van der Waals surface area contributed by atoms with Gasteiger partial charge in [0.15, 0.2) is 5.78 Å². The predicted molar refractivity (Wildman–Crippen MR) is 137 cm³/mol. The first-order chi connectivity index (χ1) is 16.1. The number of hydrogen-bond acceptors (Lipinski definition) is 4. The van der Waals surface area contributed by atoms with Crippen LogP contribution in [-0.2, 0) is 13.0 Å². The number of aromatic nitrogens is 1. The molecule has 166 valence electrons. The summed E-state index contributed by atoms with van der Waals surface area (Å²) in [5.41, 5.74) is 7.05. The van der Waals surface area contributed by atoms with E-state index in [9.17, 15) is 9.59 Å². The lowest BCUT2D eigenvalue weighted by Gasteiger charge is -2.43. The van der Waals surface area contributed by atoms with Crippen LogP contribution < -0.4 is 5.56 Å². The number of carbonyl (C=O) groups is 1. The summed E-state index contributed by atoms with van der Waals surface area (Å²) in [5, 5.41) is 0. The van der Waals surface area contributed by atoms with Gasteiger partial charge in [0.1, 0.15) is 4.32 Å². The molecule has 0 spiro atoms. The summed E-state index contributed by atoms with van der Waals surface area (Å²) in [6.45, 7) is 2.43. The number of piperidine rings is 1. The Morgan fingerprint density at radius 2 is 1.82 bits per heavy atom. The molecule has 2 atom stereocenters. The third kappa shape index (κ3) is 3.75. The van der Waals surface area contributed by atoms with Crippen LogP contribution in [0.3, 0.4) is 0 Å². The normalized spacial score (nSPS) is 20.1. The monoisotopic (exact) mass is 472 g/mol. The average Bonchev–Trinajstić information content (AvgIpc) is 3.21. The number of likely N-dealkylation sites (tertiary alicyclic amines) is 1. The van der Waals surface area contributed by atoms with E-state index in [0.29, 0.717) is 17.6 Å². The molecule has 4 nitrogen and oxygen atoms in total. The molecular formula is C27H24N2O2S2. The molecule has 33 heavy (non-hydrogen) atoms. The zero-order valence-corrected chi connectivity index (χ0v) is 19.8. The van der Waals surface area contributed by atoms with E-state index in [1.807, 2.05) is 16.7 Å². The van der Waals surface area contributed by atoms with E-state index in [1.54, 1.807) is 6.07 Å². The molecule has 1 saturated heterocycles. The molecule has 0 N–H and O–H groups in total. The van der Waals surface area contributed by atoms with E-state index in [-0.39, 0.29) is 11.3 Å². The first-order valence-corrected chi connectivity index (χ1v) is 12.8. The Bertz CT molecular complexity index is 1350. The molecule has 1 fully saturated rings. The second kappa shape index (κ2) is 8.26. The van der Waals surface area contributed by atoms with Crippen molar-refractivity contribution in [3.63, 3.8) is 0 Å². The lowest BCUT2D eigenvalue weighted by Crippen LogP contribution is -2.48. The number of benzene rings is 2.